The van der Waals surface area contributed by atoms with Crippen molar-refractivity contribution < 1.29 is 24.1 Å². The van der Waals surface area contributed by atoms with Gasteiger partial charge in [-0.1, -0.05) is 38.1 Å². The topological polar surface area (TPSA) is 77.0 Å². The third kappa shape index (κ3) is 4.75. The Morgan fingerprint density at radius 2 is 1.82 bits per heavy atom. The Labute approximate surface area is 165 Å². The maximum absolute atomic E-state index is 12.4. The Bertz CT molecular complexity index is 820. The summed E-state index contributed by atoms with van der Waals surface area (Å²) in [4.78, 5) is 12.4. The van der Waals surface area contributed by atoms with Crippen LogP contribution < -0.4 is 19.5 Å². The second-order valence-corrected chi connectivity index (χ2v) is 7.12. The quantitative estimate of drug-likeness (QED) is 0.765. The fourth-order valence-electron chi connectivity index (χ4n) is 3.03. The number of aliphatic hydroxyl groups is 1. The molecule has 1 amide bonds. The van der Waals surface area contributed by atoms with Crippen LogP contribution in [0.15, 0.2) is 42.5 Å². The molecule has 6 heteroatoms. The van der Waals surface area contributed by atoms with Crippen molar-refractivity contribution in [1.82, 2.24) is 5.32 Å². The van der Waals surface area contributed by atoms with Crippen LogP contribution in [0.25, 0.3) is 0 Å². The third-order valence-electron chi connectivity index (χ3n) is 4.63. The SMILES string of the molecule is CC(Oc1ccccc1C(C)C)C(=O)NCC(O)c1ccc2c(c1)OCCO2. The molecule has 2 atom stereocenters. The lowest BCUT2D eigenvalue weighted by Crippen LogP contribution is -2.38. The lowest BCUT2D eigenvalue weighted by molar-refractivity contribution is -0.127. The number of aliphatic hydroxyl groups excluding tert-OH is 1. The molecule has 1 aliphatic heterocycles. The smallest absolute Gasteiger partial charge is 0.260 e. The van der Waals surface area contributed by atoms with E-state index in [1.165, 1.54) is 0 Å². The molecular weight excluding hydrogens is 358 g/mol. The zero-order valence-electron chi connectivity index (χ0n) is 16.5. The lowest BCUT2D eigenvalue weighted by atomic mass is 10.0. The van der Waals surface area contributed by atoms with Crippen LogP contribution in [-0.2, 0) is 4.79 Å². The van der Waals surface area contributed by atoms with E-state index in [1.54, 1.807) is 25.1 Å². The van der Waals surface area contributed by atoms with Gasteiger partial charge in [0.25, 0.3) is 5.91 Å². The van der Waals surface area contributed by atoms with Gasteiger partial charge in [0.2, 0.25) is 0 Å². The van der Waals surface area contributed by atoms with E-state index in [0.29, 0.717) is 41.9 Å². The van der Waals surface area contributed by atoms with Crippen LogP contribution in [0.1, 0.15) is 43.9 Å². The number of para-hydroxylation sites is 1. The summed E-state index contributed by atoms with van der Waals surface area (Å²) in [5.41, 5.74) is 1.71. The van der Waals surface area contributed by atoms with Crippen LogP contribution in [0.2, 0.25) is 0 Å². The van der Waals surface area contributed by atoms with Gasteiger partial charge in [0, 0.05) is 6.54 Å². The van der Waals surface area contributed by atoms with Crippen molar-refractivity contribution in [3.05, 3.63) is 53.6 Å². The number of ether oxygens (including phenoxy) is 3. The third-order valence-corrected chi connectivity index (χ3v) is 4.63. The molecule has 0 spiro atoms. The van der Waals surface area contributed by atoms with E-state index in [-0.39, 0.29) is 12.5 Å². The molecule has 3 rings (SSSR count). The molecule has 2 N–H and O–H groups in total. The highest BCUT2D eigenvalue weighted by molar-refractivity contribution is 5.80. The number of hydrogen-bond acceptors (Lipinski definition) is 5. The minimum Gasteiger partial charge on any atom is -0.486 e. The molecule has 2 unspecified atom stereocenters. The highest BCUT2D eigenvalue weighted by Crippen LogP contribution is 2.32. The predicted octanol–water partition coefficient (Wildman–Crippen LogP) is 3.20. The van der Waals surface area contributed by atoms with Crippen molar-refractivity contribution in [3.8, 4) is 17.2 Å². The fourth-order valence-corrected chi connectivity index (χ4v) is 3.03. The van der Waals surface area contributed by atoms with Crippen LogP contribution in [-0.4, -0.2) is 36.9 Å². The first-order valence-electron chi connectivity index (χ1n) is 9.56. The largest absolute Gasteiger partial charge is 0.486 e. The summed E-state index contributed by atoms with van der Waals surface area (Å²) < 4.78 is 16.9. The van der Waals surface area contributed by atoms with Gasteiger partial charge in [-0.05, 0) is 42.2 Å². The van der Waals surface area contributed by atoms with E-state index < -0.39 is 12.2 Å². The monoisotopic (exact) mass is 385 g/mol. The second-order valence-electron chi connectivity index (χ2n) is 7.12. The van der Waals surface area contributed by atoms with Gasteiger partial charge in [-0.2, -0.15) is 0 Å². The molecule has 2 aromatic rings. The van der Waals surface area contributed by atoms with Crippen LogP contribution in [0.5, 0.6) is 17.2 Å². The summed E-state index contributed by atoms with van der Waals surface area (Å²) in [6.45, 7) is 6.94. The number of carbonyl (C=O) groups is 1. The molecule has 0 saturated carbocycles. The molecule has 2 aromatic carbocycles. The van der Waals surface area contributed by atoms with E-state index >= 15 is 0 Å². The van der Waals surface area contributed by atoms with Crippen molar-refractivity contribution in [2.45, 2.75) is 38.9 Å². The molecule has 1 aliphatic rings. The molecule has 1 heterocycles. The van der Waals surface area contributed by atoms with E-state index in [0.717, 1.165) is 5.56 Å². The number of amides is 1. The first-order chi connectivity index (χ1) is 13.5. The minimum atomic E-state index is -0.852. The van der Waals surface area contributed by atoms with Crippen molar-refractivity contribution >= 4 is 5.91 Å². The highest BCUT2D eigenvalue weighted by Gasteiger charge is 2.20. The maximum Gasteiger partial charge on any atom is 0.260 e. The van der Waals surface area contributed by atoms with Gasteiger partial charge >= 0.3 is 0 Å². The number of fused-ring (bicyclic) bond motifs is 1. The average Bonchev–Trinajstić information content (AvgIpc) is 2.71. The Morgan fingerprint density at radius 3 is 2.57 bits per heavy atom. The molecule has 6 nitrogen and oxygen atoms in total. The summed E-state index contributed by atoms with van der Waals surface area (Å²) in [7, 11) is 0. The zero-order valence-corrected chi connectivity index (χ0v) is 16.5. The van der Waals surface area contributed by atoms with Gasteiger partial charge in [-0.15, -0.1) is 0 Å². The Morgan fingerprint density at radius 1 is 1.11 bits per heavy atom. The first kappa shape index (κ1) is 20.0. The molecule has 0 aliphatic carbocycles. The van der Waals surface area contributed by atoms with Crippen molar-refractivity contribution in [2.24, 2.45) is 0 Å². The van der Waals surface area contributed by atoms with Crippen LogP contribution in [0.3, 0.4) is 0 Å². The zero-order chi connectivity index (χ0) is 20.1. The summed E-state index contributed by atoms with van der Waals surface area (Å²) >= 11 is 0. The van der Waals surface area contributed by atoms with Crippen LogP contribution >= 0.6 is 0 Å². The van der Waals surface area contributed by atoms with E-state index in [4.69, 9.17) is 14.2 Å². The van der Waals surface area contributed by atoms with E-state index in [1.807, 2.05) is 24.3 Å². The molecule has 150 valence electrons. The summed E-state index contributed by atoms with van der Waals surface area (Å²) in [5.74, 6) is 1.99. The number of hydrogen-bond donors (Lipinski definition) is 2. The van der Waals surface area contributed by atoms with Crippen molar-refractivity contribution in [3.63, 3.8) is 0 Å². The normalized spacial score (nSPS) is 15.0. The lowest BCUT2D eigenvalue weighted by Gasteiger charge is -2.21. The molecule has 0 fully saturated rings. The van der Waals surface area contributed by atoms with E-state index in [9.17, 15) is 9.90 Å². The van der Waals surface area contributed by atoms with E-state index in [2.05, 4.69) is 19.2 Å². The van der Waals surface area contributed by atoms with Crippen molar-refractivity contribution in [2.75, 3.05) is 19.8 Å². The van der Waals surface area contributed by atoms with Crippen molar-refractivity contribution in [1.29, 1.82) is 0 Å². The average molecular weight is 385 g/mol. The van der Waals surface area contributed by atoms with Crippen LogP contribution in [0, 0.1) is 0 Å². The molecule has 28 heavy (non-hydrogen) atoms. The van der Waals surface area contributed by atoms with Gasteiger partial charge in [-0.3, -0.25) is 4.79 Å². The minimum absolute atomic E-state index is 0.0814. The Hall–Kier alpha value is -2.73. The predicted molar refractivity (Wildman–Crippen MR) is 106 cm³/mol. The van der Waals surface area contributed by atoms with Gasteiger partial charge in [0.05, 0.1) is 6.10 Å². The fraction of sp³-hybridized carbons (Fsp3) is 0.409. The Balaban J connectivity index is 1.56. The van der Waals surface area contributed by atoms with Gasteiger partial charge in [-0.25, -0.2) is 0 Å². The number of benzene rings is 2. The van der Waals surface area contributed by atoms with Crippen LogP contribution in [0.4, 0.5) is 0 Å². The van der Waals surface area contributed by atoms with Gasteiger partial charge in [0.1, 0.15) is 19.0 Å². The first-order valence-corrected chi connectivity index (χ1v) is 9.56. The maximum atomic E-state index is 12.4. The van der Waals surface area contributed by atoms with Gasteiger partial charge in [0.15, 0.2) is 17.6 Å². The summed E-state index contributed by atoms with van der Waals surface area (Å²) in [5, 5.41) is 13.2. The Kier molecular flexibility index (Phi) is 6.41. The summed E-state index contributed by atoms with van der Waals surface area (Å²) in [6.07, 6.45) is -1.53. The highest BCUT2D eigenvalue weighted by atomic mass is 16.6. The molecule has 0 saturated heterocycles. The second kappa shape index (κ2) is 8.97. The molecular formula is C22H27NO5. The standard InChI is InChI=1S/C22H27NO5/c1-14(2)17-6-4-5-7-19(17)28-15(3)22(25)23-13-18(24)16-8-9-20-21(12-16)27-11-10-26-20/h4-9,12,14-15,18,24H,10-11,13H2,1-3H3,(H,23,25). The molecule has 0 radical (unpaired) electrons. The number of carbonyl (C=O) groups excluding carboxylic acids is 1. The number of nitrogens with one attached hydrogen (secondary N) is 1. The molecule has 0 aromatic heterocycles. The van der Waals surface area contributed by atoms with Gasteiger partial charge < -0.3 is 24.6 Å². The number of rotatable bonds is 7. The summed E-state index contributed by atoms with van der Waals surface area (Å²) in [6, 6.07) is 13.0. The molecule has 0 bridgehead atoms.